The molecule has 2 aromatic rings. The number of rotatable bonds is 7. The number of hydrogen-bond donors (Lipinski definition) is 2. The van der Waals surface area contributed by atoms with Crippen molar-refractivity contribution in [3.63, 3.8) is 0 Å². The number of hydrogen-bond acceptors (Lipinski definition) is 2. The van der Waals surface area contributed by atoms with Crippen LogP contribution in [0, 0.1) is 0 Å². The van der Waals surface area contributed by atoms with E-state index >= 15 is 0 Å². The third kappa shape index (κ3) is 4.62. The maximum Gasteiger partial charge on any atom is 0.227 e. The summed E-state index contributed by atoms with van der Waals surface area (Å²) in [7, 11) is 0. The van der Waals surface area contributed by atoms with Crippen LogP contribution in [0.1, 0.15) is 36.8 Å². The summed E-state index contributed by atoms with van der Waals surface area (Å²) in [6.07, 6.45) is 2.60. The van der Waals surface area contributed by atoms with Crippen molar-refractivity contribution in [1.82, 2.24) is 5.32 Å². The van der Waals surface area contributed by atoms with E-state index in [9.17, 15) is 9.90 Å². The molecule has 2 aromatic carbocycles. The number of aromatic hydroxyl groups is 1. The van der Waals surface area contributed by atoms with Crippen LogP contribution in [0.15, 0.2) is 54.6 Å². The second kappa shape index (κ2) is 8.23. The minimum absolute atomic E-state index is 0.0778. The molecule has 0 aromatic heterocycles. The molecular weight excluding hydrogens is 274 g/mol. The summed E-state index contributed by atoms with van der Waals surface area (Å²) in [5.74, 6) is 0.276. The maximum atomic E-state index is 12.4. The van der Waals surface area contributed by atoms with Crippen LogP contribution in [0.2, 0.25) is 0 Å². The predicted molar refractivity (Wildman–Crippen MR) is 88.9 cm³/mol. The van der Waals surface area contributed by atoms with E-state index in [1.165, 1.54) is 0 Å². The first-order valence-electron chi connectivity index (χ1n) is 7.81. The van der Waals surface area contributed by atoms with Crippen LogP contribution in [0.5, 0.6) is 5.75 Å². The van der Waals surface area contributed by atoms with Gasteiger partial charge in [-0.1, -0.05) is 55.8 Å². The van der Waals surface area contributed by atoms with Gasteiger partial charge in [0.1, 0.15) is 5.75 Å². The fourth-order valence-electron chi connectivity index (χ4n) is 2.54. The van der Waals surface area contributed by atoms with E-state index < -0.39 is 0 Å². The molecule has 0 aliphatic carbocycles. The Kier molecular flexibility index (Phi) is 6.01. The molecule has 0 fully saturated rings. The highest BCUT2D eigenvalue weighted by atomic mass is 16.3. The second-order valence-electron chi connectivity index (χ2n) is 5.46. The van der Waals surface area contributed by atoms with Crippen molar-refractivity contribution < 1.29 is 9.90 Å². The van der Waals surface area contributed by atoms with Crippen molar-refractivity contribution in [3.05, 3.63) is 65.7 Å². The number of amides is 1. The van der Waals surface area contributed by atoms with Gasteiger partial charge in [0.05, 0.1) is 5.92 Å². The zero-order valence-electron chi connectivity index (χ0n) is 13.0. The highest BCUT2D eigenvalue weighted by Crippen LogP contribution is 2.21. The van der Waals surface area contributed by atoms with Crippen molar-refractivity contribution in [1.29, 1.82) is 0 Å². The van der Waals surface area contributed by atoms with Crippen molar-refractivity contribution in [2.75, 3.05) is 6.54 Å². The van der Waals surface area contributed by atoms with E-state index in [2.05, 4.69) is 12.2 Å². The molecule has 0 aliphatic rings. The molecule has 2 N–H and O–H groups in total. The third-order valence-electron chi connectivity index (χ3n) is 3.75. The van der Waals surface area contributed by atoms with Crippen LogP contribution in [0.25, 0.3) is 0 Å². The minimum Gasteiger partial charge on any atom is -0.508 e. The molecule has 1 amide bonds. The van der Waals surface area contributed by atoms with Crippen LogP contribution in [-0.2, 0) is 11.2 Å². The molecule has 0 bridgehead atoms. The van der Waals surface area contributed by atoms with Gasteiger partial charge >= 0.3 is 0 Å². The monoisotopic (exact) mass is 297 g/mol. The summed E-state index contributed by atoms with van der Waals surface area (Å²) in [6.45, 7) is 2.70. The number of carbonyl (C=O) groups excluding carboxylic acids is 1. The molecular formula is C19H23NO2. The number of phenols is 1. The first-order chi connectivity index (χ1) is 10.7. The summed E-state index contributed by atoms with van der Waals surface area (Å²) >= 11 is 0. The Labute approximate surface area is 132 Å². The fourth-order valence-corrected chi connectivity index (χ4v) is 2.54. The van der Waals surface area contributed by atoms with Gasteiger partial charge in [-0.05, 0) is 36.1 Å². The van der Waals surface area contributed by atoms with Gasteiger partial charge in [0.15, 0.2) is 0 Å². The second-order valence-corrected chi connectivity index (χ2v) is 5.46. The van der Waals surface area contributed by atoms with E-state index in [0.29, 0.717) is 6.54 Å². The van der Waals surface area contributed by atoms with E-state index in [0.717, 1.165) is 30.4 Å². The molecule has 0 aliphatic heterocycles. The molecule has 3 nitrogen and oxygen atoms in total. The minimum atomic E-state index is -0.0778. The van der Waals surface area contributed by atoms with Gasteiger partial charge in [-0.2, -0.15) is 0 Å². The quantitative estimate of drug-likeness (QED) is 0.820. The topological polar surface area (TPSA) is 49.3 Å². The van der Waals surface area contributed by atoms with Crippen molar-refractivity contribution in [2.24, 2.45) is 0 Å². The lowest BCUT2D eigenvalue weighted by Crippen LogP contribution is -2.31. The molecule has 0 saturated heterocycles. The Morgan fingerprint density at radius 2 is 1.77 bits per heavy atom. The van der Waals surface area contributed by atoms with Crippen molar-refractivity contribution in [3.8, 4) is 5.75 Å². The zero-order valence-corrected chi connectivity index (χ0v) is 13.0. The van der Waals surface area contributed by atoms with Gasteiger partial charge in [-0.25, -0.2) is 0 Å². The first-order valence-corrected chi connectivity index (χ1v) is 7.81. The van der Waals surface area contributed by atoms with Gasteiger partial charge in [-0.3, -0.25) is 4.79 Å². The zero-order chi connectivity index (χ0) is 15.8. The summed E-state index contributed by atoms with van der Waals surface area (Å²) in [4.78, 5) is 12.4. The van der Waals surface area contributed by atoms with Gasteiger partial charge < -0.3 is 10.4 Å². The van der Waals surface area contributed by atoms with Gasteiger partial charge in [0.2, 0.25) is 5.91 Å². The third-order valence-corrected chi connectivity index (χ3v) is 3.75. The molecule has 1 atom stereocenters. The average Bonchev–Trinajstić information content (AvgIpc) is 2.55. The van der Waals surface area contributed by atoms with Crippen molar-refractivity contribution >= 4 is 5.91 Å². The number of carbonyl (C=O) groups is 1. The largest absolute Gasteiger partial charge is 0.508 e. The Balaban J connectivity index is 1.90. The smallest absolute Gasteiger partial charge is 0.227 e. The van der Waals surface area contributed by atoms with Crippen LogP contribution < -0.4 is 5.32 Å². The molecule has 0 saturated carbocycles. The molecule has 1 unspecified atom stereocenters. The van der Waals surface area contributed by atoms with Crippen molar-refractivity contribution in [2.45, 2.75) is 32.1 Å². The van der Waals surface area contributed by atoms with Crippen LogP contribution in [0.3, 0.4) is 0 Å². The normalized spacial score (nSPS) is 11.9. The SMILES string of the molecule is CCCC(C(=O)NCCc1ccc(O)cc1)c1ccccc1. The van der Waals surface area contributed by atoms with Gasteiger partial charge in [-0.15, -0.1) is 0 Å². The fraction of sp³-hybridized carbons (Fsp3) is 0.316. The number of phenolic OH excluding ortho intramolecular Hbond substituents is 1. The molecule has 2 rings (SSSR count). The van der Waals surface area contributed by atoms with Crippen LogP contribution in [0.4, 0.5) is 0 Å². The van der Waals surface area contributed by atoms with Gasteiger partial charge in [0.25, 0.3) is 0 Å². The molecule has 0 heterocycles. The number of benzene rings is 2. The molecule has 116 valence electrons. The molecule has 0 radical (unpaired) electrons. The predicted octanol–water partition coefficient (Wildman–Crippen LogP) is 3.63. The van der Waals surface area contributed by atoms with E-state index in [1.54, 1.807) is 12.1 Å². The Hall–Kier alpha value is -2.29. The molecule has 22 heavy (non-hydrogen) atoms. The summed E-state index contributed by atoms with van der Waals surface area (Å²) in [6, 6.07) is 17.0. The molecule has 0 spiro atoms. The van der Waals surface area contributed by atoms with Crippen LogP contribution >= 0.6 is 0 Å². The van der Waals surface area contributed by atoms with E-state index in [-0.39, 0.29) is 17.6 Å². The Morgan fingerprint density at radius 1 is 1.09 bits per heavy atom. The lowest BCUT2D eigenvalue weighted by Gasteiger charge is -2.16. The first kappa shape index (κ1) is 16.1. The van der Waals surface area contributed by atoms with Gasteiger partial charge in [0, 0.05) is 6.54 Å². The highest BCUT2D eigenvalue weighted by Gasteiger charge is 2.18. The average molecular weight is 297 g/mol. The van der Waals surface area contributed by atoms with Crippen LogP contribution in [-0.4, -0.2) is 17.6 Å². The summed E-state index contributed by atoms with van der Waals surface area (Å²) in [5, 5.41) is 12.3. The summed E-state index contributed by atoms with van der Waals surface area (Å²) in [5.41, 5.74) is 2.18. The highest BCUT2D eigenvalue weighted by molar-refractivity contribution is 5.83. The Morgan fingerprint density at radius 3 is 2.41 bits per heavy atom. The van der Waals surface area contributed by atoms with E-state index in [4.69, 9.17) is 0 Å². The standard InChI is InChI=1S/C19H23NO2/c1-2-6-18(16-7-4-3-5-8-16)19(22)20-14-13-15-9-11-17(21)12-10-15/h3-5,7-12,18,21H,2,6,13-14H2,1H3,(H,20,22). The summed E-state index contributed by atoms with van der Waals surface area (Å²) < 4.78 is 0. The maximum absolute atomic E-state index is 12.4. The molecule has 3 heteroatoms. The number of nitrogens with one attached hydrogen (secondary N) is 1. The Bertz CT molecular complexity index is 578. The van der Waals surface area contributed by atoms with E-state index in [1.807, 2.05) is 42.5 Å². The lowest BCUT2D eigenvalue weighted by molar-refractivity contribution is -0.122. The lowest BCUT2D eigenvalue weighted by atomic mass is 9.93.